The number of aromatic nitrogens is 3. The first-order chi connectivity index (χ1) is 12.8. The molecule has 0 amide bonds. The van der Waals surface area contributed by atoms with E-state index in [-0.39, 0.29) is 0 Å². The summed E-state index contributed by atoms with van der Waals surface area (Å²) in [5.74, 6) is 0.826. The Bertz CT molecular complexity index is 981. The van der Waals surface area contributed by atoms with Gasteiger partial charge >= 0.3 is 0 Å². The van der Waals surface area contributed by atoms with Crippen molar-refractivity contribution in [3.05, 3.63) is 65.4 Å². The number of ether oxygens (including phenoxy) is 1. The highest BCUT2D eigenvalue weighted by Gasteiger charge is 2.10. The summed E-state index contributed by atoms with van der Waals surface area (Å²) in [6.45, 7) is 2.54. The average molecular weight is 364 g/mol. The van der Waals surface area contributed by atoms with Gasteiger partial charge in [-0.1, -0.05) is 0 Å². The highest BCUT2D eigenvalue weighted by atomic mass is 32.1. The Kier molecular flexibility index (Phi) is 4.95. The Morgan fingerprint density at radius 1 is 1.23 bits per heavy atom. The second-order valence-electron chi connectivity index (χ2n) is 6.04. The lowest BCUT2D eigenvalue weighted by molar-refractivity contribution is 0.415. The lowest BCUT2D eigenvalue weighted by Crippen LogP contribution is -2.19. The van der Waals surface area contributed by atoms with Gasteiger partial charge in [0.1, 0.15) is 5.75 Å². The summed E-state index contributed by atoms with van der Waals surface area (Å²) in [4.78, 5) is 9.00. The molecule has 0 saturated heterocycles. The Labute approximate surface area is 156 Å². The summed E-state index contributed by atoms with van der Waals surface area (Å²) in [6.07, 6.45) is 5.61. The van der Waals surface area contributed by atoms with Gasteiger partial charge in [0, 0.05) is 54.4 Å². The van der Waals surface area contributed by atoms with E-state index < -0.39 is 0 Å². The molecule has 0 saturated carbocycles. The van der Waals surface area contributed by atoms with Gasteiger partial charge in [0.05, 0.1) is 24.6 Å². The minimum Gasteiger partial charge on any atom is -0.497 e. The molecule has 0 aliphatic rings. The van der Waals surface area contributed by atoms with E-state index in [0.29, 0.717) is 0 Å². The van der Waals surface area contributed by atoms with Gasteiger partial charge in [0.25, 0.3) is 0 Å². The number of nitrogens with one attached hydrogen (secondary N) is 1. The van der Waals surface area contributed by atoms with Crippen LogP contribution in [0.1, 0.15) is 5.56 Å². The van der Waals surface area contributed by atoms with Gasteiger partial charge in [-0.3, -0.25) is 0 Å². The van der Waals surface area contributed by atoms with Crippen molar-refractivity contribution in [2.75, 3.05) is 13.7 Å². The molecule has 0 unspecified atom stereocenters. The summed E-state index contributed by atoms with van der Waals surface area (Å²) >= 11 is 1.69. The standard InChI is InChI=1S/C20H20N4OS/c1-25-18-3-2-15-10-17(12-21-5-7-24-8-6-22-14-24)20(23-19(15)11-18)16-4-9-26-13-16/h2-4,6,8-11,13-14,21H,5,7,12H2,1H3. The van der Waals surface area contributed by atoms with Crippen molar-refractivity contribution < 1.29 is 4.74 Å². The second kappa shape index (κ2) is 7.68. The third-order valence-corrected chi connectivity index (χ3v) is 5.00. The lowest BCUT2D eigenvalue weighted by atomic mass is 10.1. The van der Waals surface area contributed by atoms with Crippen molar-refractivity contribution in [2.45, 2.75) is 13.1 Å². The Morgan fingerprint density at radius 3 is 2.96 bits per heavy atom. The van der Waals surface area contributed by atoms with Crippen molar-refractivity contribution in [1.82, 2.24) is 19.9 Å². The van der Waals surface area contributed by atoms with Gasteiger partial charge in [0.2, 0.25) is 0 Å². The number of fused-ring (bicyclic) bond motifs is 1. The SMILES string of the molecule is COc1ccc2cc(CNCCn3ccnc3)c(-c3ccsc3)nc2c1. The fraction of sp³-hybridized carbons (Fsp3) is 0.200. The molecule has 3 aromatic heterocycles. The maximum atomic E-state index is 5.34. The highest BCUT2D eigenvalue weighted by Crippen LogP contribution is 2.29. The molecule has 3 heterocycles. The summed E-state index contributed by atoms with van der Waals surface area (Å²) in [5, 5.41) is 8.87. The van der Waals surface area contributed by atoms with Crippen LogP contribution >= 0.6 is 11.3 Å². The fourth-order valence-corrected chi connectivity index (χ4v) is 3.59. The zero-order chi connectivity index (χ0) is 17.8. The van der Waals surface area contributed by atoms with Gasteiger partial charge in [-0.25, -0.2) is 9.97 Å². The summed E-state index contributed by atoms with van der Waals surface area (Å²) in [6, 6.07) is 10.4. The van der Waals surface area contributed by atoms with E-state index in [9.17, 15) is 0 Å². The lowest BCUT2D eigenvalue weighted by Gasteiger charge is -2.12. The molecular weight excluding hydrogens is 344 g/mol. The van der Waals surface area contributed by atoms with Crippen molar-refractivity contribution >= 4 is 22.2 Å². The number of imidazole rings is 1. The van der Waals surface area contributed by atoms with Crippen LogP contribution in [0, 0.1) is 0 Å². The zero-order valence-electron chi connectivity index (χ0n) is 14.6. The quantitative estimate of drug-likeness (QED) is 0.504. The molecule has 0 atom stereocenters. The molecule has 0 radical (unpaired) electrons. The Morgan fingerprint density at radius 2 is 2.19 bits per heavy atom. The fourth-order valence-electron chi connectivity index (χ4n) is 2.95. The van der Waals surface area contributed by atoms with Crippen molar-refractivity contribution in [2.24, 2.45) is 0 Å². The maximum Gasteiger partial charge on any atom is 0.121 e. The van der Waals surface area contributed by atoms with Crippen LogP contribution in [0.3, 0.4) is 0 Å². The van der Waals surface area contributed by atoms with Crippen molar-refractivity contribution in [3.63, 3.8) is 0 Å². The molecule has 0 aliphatic heterocycles. The Hall–Kier alpha value is -2.70. The molecule has 132 valence electrons. The van der Waals surface area contributed by atoms with E-state index in [0.717, 1.165) is 47.5 Å². The summed E-state index contributed by atoms with van der Waals surface area (Å²) in [7, 11) is 1.68. The largest absolute Gasteiger partial charge is 0.497 e. The molecule has 1 N–H and O–H groups in total. The molecule has 0 aliphatic carbocycles. The van der Waals surface area contributed by atoms with E-state index >= 15 is 0 Å². The number of pyridine rings is 1. The topological polar surface area (TPSA) is 52.0 Å². The Balaban J connectivity index is 1.60. The van der Waals surface area contributed by atoms with E-state index in [2.05, 4.69) is 43.8 Å². The van der Waals surface area contributed by atoms with Crippen LogP contribution < -0.4 is 10.1 Å². The van der Waals surface area contributed by atoms with Crippen LogP contribution in [0.4, 0.5) is 0 Å². The molecule has 26 heavy (non-hydrogen) atoms. The number of thiophene rings is 1. The maximum absolute atomic E-state index is 5.34. The minimum atomic E-state index is 0.773. The molecule has 0 bridgehead atoms. The molecule has 6 heteroatoms. The smallest absolute Gasteiger partial charge is 0.121 e. The van der Waals surface area contributed by atoms with Crippen LogP contribution in [-0.2, 0) is 13.1 Å². The molecule has 1 aromatic carbocycles. The molecule has 4 rings (SSSR count). The molecule has 0 spiro atoms. The van der Waals surface area contributed by atoms with Crippen LogP contribution in [0.2, 0.25) is 0 Å². The van der Waals surface area contributed by atoms with Crippen molar-refractivity contribution in [3.8, 4) is 17.0 Å². The third kappa shape index (κ3) is 3.61. The number of hydrogen-bond donors (Lipinski definition) is 1. The van der Waals surface area contributed by atoms with Gasteiger partial charge in [-0.05, 0) is 35.2 Å². The number of benzene rings is 1. The van der Waals surface area contributed by atoms with Gasteiger partial charge in [-0.2, -0.15) is 11.3 Å². The minimum absolute atomic E-state index is 0.773. The number of rotatable bonds is 7. The first-order valence-electron chi connectivity index (χ1n) is 8.50. The molecule has 4 aromatic rings. The summed E-state index contributed by atoms with van der Waals surface area (Å²) < 4.78 is 7.41. The van der Waals surface area contributed by atoms with Crippen molar-refractivity contribution in [1.29, 1.82) is 0 Å². The first kappa shape index (κ1) is 16.8. The molecular formula is C20H20N4OS. The normalized spacial score (nSPS) is 11.1. The van der Waals surface area contributed by atoms with E-state index in [1.165, 1.54) is 5.56 Å². The predicted molar refractivity (Wildman–Crippen MR) is 106 cm³/mol. The third-order valence-electron chi connectivity index (χ3n) is 4.32. The molecule has 0 fully saturated rings. The number of methoxy groups -OCH3 is 1. The van der Waals surface area contributed by atoms with E-state index in [1.54, 1.807) is 24.6 Å². The average Bonchev–Trinajstić information content (AvgIpc) is 3.38. The number of nitrogens with zero attached hydrogens (tertiary/aromatic N) is 3. The van der Waals surface area contributed by atoms with Crippen LogP contribution in [0.25, 0.3) is 22.2 Å². The summed E-state index contributed by atoms with van der Waals surface area (Å²) in [5.41, 5.74) is 4.34. The highest BCUT2D eigenvalue weighted by molar-refractivity contribution is 7.08. The van der Waals surface area contributed by atoms with Gasteiger partial charge in [-0.15, -0.1) is 0 Å². The predicted octanol–water partition coefficient (Wildman–Crippen LogP) is 3.96. The van der Waals surface area contributed by atoms with Crippen LogP contribution in [-0.4, -0.2) is 28.2 Å². The second-order valence-corrected chi connectivity index (χ2v) is 6.82. The zero-order valence-corrected chi connectivity index (χ0v) is 15.4. The number of hydrogen-bond acceptors (Lipinski definition) is 5. The van der Waals surface area contributed by atoms with Gasteiger partial charge in [0.15, 0.2) is 0 Å². The van der Waals surface area contributed by atoms with E-state index in [4.69, 9.17) is 9.72 Å². The molecule has 5 nitrogen and oxygen atoms in total. The van der Waals surface area contributed by atoms with E-state index in [1.807, 2.05) is 24.7 Å². The first-order valence-corrected chi connectivity index (χ1v) is 9.44. The van der Waals surface area contributed by atoms with Crippen LogP contribution in [0.5, 0.6) is 5.75 Å². The monoisotopic (exact) mass is 364 g/mol. The van der Waals surface area contributed by atoms with Crippen LogP contribution in [0.15, 0.2) is 59.8 Å². The van der Waals surface area contributed by atoms with Gasteiger partial charge < -0.3 is 14.6 Å².